The van der Waals surface area contributed by atoms with Crippen LogP contribution in [-0.2, 0) is 14.3 Å². The van der Waals surface area contributed by atoms with E-state index in [1.165, 1.54) is 12.1 Å². The molecule has 1 aromatic rings. The second-order valence-electron chi connectivity index (χ2n) is 2.82. The van der Waals surface area contributed by atoms with Crippen LogP contribution in [0.5, 0.6) is 0 Å². The summed E-state index contributed by atoms with van der Waals surface area (Å²) in [7, 11) is 0. The van der Waals surface area contributed by atoms with Crippen molar-refractivity contribution < 1.29 is 23.5 Å². The van der Waals surface area contributed by atoms with Crippen molar-refractivity contribution in [2.45, 2.75) is 0 Å². The van der Waals surface area contributed by atoms with Crippen LogP contribution in [0.25, 0.3) is 5.83 Å². The average Bonchev–Trinajstić information content (AvgIpc) is 2.29. The molecular formula is C11H8ClFO4. The average molecular weight is 259 g/mol. The van der Waals surface area contributed by atoms with E-state index in [1.807, 2.05) is 0 Å². The van der Waals surface area contributed by atoms with Crippen LogP contribution in [0.3, 0.4) is 0 Å². The first-order chi connectivity index (χ1) is 8.09. The maximum Gasteiger partial charge on any atom is 0.406 e. The van der Waals surface area contributed by atoms with E-state index in [0.717, 1.165) is 0 Å². The predicted octanol–water partition coefficient (Wildman–Crippen LogP) is 2.87. The first-order valence-corrected chi connectivity index (χ1v) is 4.89. The number of carbonyl (C=O) groups excluding carboxylic acids is 2. The molecule has 0 atom stereocenters. The number of hydrogen-bond acceptors (Lipinski definition) is 4. The molecule has 4 nitrogen and oxygen atoms in total. The van der Waals surface area contributed by atoms with Gasteiger partial charge in [0.1, 0.15) is 5.83 Å². The summed E-state index contributed by atoms with van der Waals surface area (Å²) in [5.41, 5.74) is -0.857. The van der Waals surface area contributed by atoms with Gasteiger partial charge in [-0.15, -0.1) is 0 Å². The van der Waals surface area contributed by atoms with Crippen molar-refractivity contribution >= 4 is 28.8 Å². The van der Waals surface area contributed by atoms with Gasteiger partial charge in [-0.05, 0) is 0 Å². The van der Waals surface area contributed by atoms with E-state index in [-0.39, 0.29) is 5.56 Å². The fourth-order valence-corrected chi connectivity index (χ4v) is 1.00. The third-order valence-electron chi connectivity index (χ3n) is 1.67. The number of benzene rings is 1. The van der Waals surface area contributed by atoms with Crippen LogP contribution in [0.4, 0.5) is 9.18 Å². The van der Waals surface area contributed by atoms with Gasteiger partial charge in [-0.1, -0.05) is 30.3 Å². The molecule has 0 radical (unpaired) electrons. The monoisotopic (exact) mass is 258 g/mol. The van der Waals surface area contributed by atoms with Crippen LogP contribution in [0.2, 0.25) is 0 Å². The molecule has 1 rings (SSSR count). The van der Waals surface area contributed by atoms with Gasteiger partial charge in [0, 0.05) is 17.2 Å². The molecule has 17 heavy (non-hydrogen) atoms. The minimum Gasteiger partial charge on any atom is -0.425 e. The van der Waals surface area contributed by atoms with E-state index >= 15 is 0 Å². The highest BCUT2D eigenvalue weighted by atomic mass is 35.5. The Bertz CT molecular complexity index is 430. The van der Waals surface area contributed by atoms with Crippen LogP contribution < -0.4 is 0 Å². The van der Waals surface area contributed by atoms with Crippen molar-refractivity contribution in [2.75, 3.05) is 6.79 Å². The number of esters is 1. The Balaban J connectivity index is 2.51. The third-order valence-corrected chi connectivity index (χ3v) is 1.78. The lowest BCUT2D eigenvalue weighted by Crippen LogP contribution is -2.07. The number of halogens is 2. The minimum atomic E-state index is -1.11. The van der Waals surface area contributed by atoms with Crippen LogP contribution >= 0.6 is 11.6 Å². The van der Waals surface area contributed by atoms with Crippen LogP contribution in [-0.4, -0.2) is 18.2 Å². The Morgan fingerprint density at radius 1 is 1.24 bits per heavy atom. The Hall–Kier alpha value is -1.88. The molecule has 0 unspecified atom stereocenters. The van der Waals surface area contributed by atoms with Crippen molar-refractivity contribution in [2.24, 2.45) is 0 Å². The second-order valence-corrected chi connectivity index (χ2v) is 3.13. The molecule has 0 N–H and O–H groups in total. The Labute approximate surface area is 102 Å². The Kier molecular flexibility index (Phi) is 5.16. The quantitative estimate of drug-likeness (QED) is 0.361. The molecule has 0 spiro atoms. The van der Waals surface area contributed by atoms with Crippen molar-refractivity contribution in [3.63, 3.8) is 0 Å². The van der Waals surface area contributed by atoms with Gasteiger partial charge in [-0.3, -0.25) is 0 Å². The van der Waals surface area contributed by atoms with Gasteiger partial charge in [0.2, 0.25) is 6.79 Å². The van der Waals surface area contributed by atoms with Gasteiger partial charge >= 0.3 is 11.4 Å². The number of ether oxygens (including phenoxy) is 2. The van der Waals surface area contributed by atoms with Gasteiger partial charge < -0.3 is 9.47 Å². The summed E-state index contributed by atoms with van der Waals surface area (Å²) < 4.78 is 21.9. The molecule has 0 fully saturated rings. The summed E-state index contributed by atoms with van der Waals surface area (Å²) in [6.07, 6.45) is 0.650. The molecule has 90 valence electrons. The molecule has 0 saturated heterocycles. The highest BCUT2D eigenvalue weighted by Crippen LogP contribution is 2.14. The first-order valence-electron chi connectivity index (χ1n) is 4.51. The molecule has 6 heteroatoms. The molecule has 0 saturated carbocycles. The molecular weight excluding hydrogens is 251 g/mol. The zero-order valence-electron chi connectivity index (χ0n) is 8.56. The van der Waals surface area contributed by atoms with E-state index in [0.29, 0.717) is 6.08 Å². The molecule has 0 amide bonds. The van der Waals surface area contributed by atoms with Crippen molar-refractivity contribution in [3.8, 4) is 0 Å². The van der Waals surface area contributed by atoms with Crippen molar-refractivity contribution in [1.29, 1.82) is 0 Å². The molecule has 0 aliphatic heterocycles. The largest absolute Gasteiger partial charge is 0.425 e. The van der Waals surface area contributed by atoms with Crippen molar-refractivity contribution in [3.05, 3.63) is 42.0 Å². The molecule has 0 bridgehead atoms. The number of carbonyl (C=O) groups is 2. The second kappa shape index (κ2) is 6.65. The third kappa shape index (κ3) is 5.12. The summed E-state index contributed by atoms with van der Waals surface area (Å²) in [6, 6.07) is 7.97. The molecule has 0 aliphatic rings. The summed E-state index contributed by atoms with van der Waals surface area (Å²) in [4.78, 5) is 21.2. The number of rotatable bonds is 4. The lowest BCUT2D eigenvalue weighted by molar-refractivity contribution is -0.145. The lowest BCUT2D eigenvalue weighted by atomic mass is 10.2. The maximum absolute atomic E-state index is 13.4. The fourth-order valence-electron chi connectivity index (χ4n) is 0.960. The normalized spacial score (nSPS) is 10.8. The fraction of sp³-hybridized carbons (Fsp3) is 0.0909. The van der Waals surface area contributed by atoms with Crippen LogP contribution in [0, 0.1) is 0 Å². The zero-order valence-corrected chi connectivity index (χ0v) is 9.32. The van der Waals surface area contributed by atoms with Gasteiger partial charge in [-0.25, -0.2) is 14.0 Å². The number of hydrogen-bond donors (Lipinski definition) is 0. The molecule has 0 heterocycles. The minimum absolute atomic E-state index is 0.249. The maximum atomic E-state index is 13.4. The van der Waals surface area contributed by atoms with Crippen molar-refractivity contribution in [1.82, 2.24) is 0 Å². The Morgan fingerprint density at radius 2 is 1.88 bits per heavy atom. The van der Waals surface area contributed by atoms with Gasteiger partial charge in [0.25, 0.3) is 0 Å². The summed E-state index contributed by atoms with van der Waals surface area (Å²) in [5.74, 6) is -1.71. The van der Waals surface area contributed by atoms with Gasteiger partial charge in [0.15, 0.2) is 0 Å². The lowest BCUT2D eigenvalue weighted by Gasteiger charge is -2.01. The predicted molar refractivity (Wildman–Crippen MR) is 58.8 cm³/mol. The summed E-state index contributed by atoms with van der Waals surface area (Å²) in [6.45, 7) is -0.653. The van der Waals surface area contributed by atoms with E-state index in [2.05, 4.69) is 9.47 Å². The van der Waals surface area contributed by atoms with E-state index < -0.39 is 24.0 Å². The summed E-state index contributed by atoms with van der Waals surface area (Å²) in [5, 5.41) is 0. The highest BCUT2D eigenvalue weighted by molar-refractivity contribution is 6.61. The highest BCUT2D eigenvalue weighted by Gasteiger charge is 2.05. The molecule has 0 aliphatic carbocycles. The molecule has 0 aromatic heterocycles. The topological polar surface area (TPSA) is 52.6 Å². The molecule has 1 aromatic carbocycles. The van der Waals surface area contributed by atoms with Gasteiger partial charge in [-0.2, -0.15) is 0 Å². The van der Waals surface area contributed by atoms with Gasteiger partial charge in [0.05, 0.1) is 6.08 Å². The van der Waals surface area contributed by atoms with E-state index in [4.69, 9.17) is 11.6 Å². The Morgan fingerprint density at radius 3 is 2.47 bits per heavy atom. The van der Waals surface area contributed by atoms with Crippen LogP contribution in [0.1, 0.15) is 5.56 Å². The zero-order chi connectivity index (χ0) is 12.7. The smallest absolute Gasteiger partial charge is 0.406 e. The van der Waals surface area contributed by atoms with E-state index in [9.17, 15) is 14.0 Å². The SMILES string of the molecule is O=C(Cl)OCOC(=O)C=C(F)c1ccccc1. The van der Waals surface area contributed by atoms with Crippen LogP contribution in [0.15, 0.2) is 36.4 Å². The summed E-state index contributed by atoms with van der Waals surface area (Å²) >= 11 is 4.82. The van der Waals surface area contributed by atoms with E-state index in [1.54, 1.807) is 18.2 Å². The standard InChI is InChI=1S/C11H8ClFO4/c12-11(15)17-7-16-10(14)6-9(13)8-4-2-1-3-5-8/h1-6H,7H2. The first kappa shape index (κ1) is 13.2.